The largest absolute Gasteiger partial charge is 0.480 e. The molecule has 32 heavy (non-hydrogen) atoms. The fourth-order valence-corrected chi connectivity index (χ4v) is 3.69. The summed E-state index contributed by atoms with van der Waals surface area (Å²) in [5.41, 5.74) is 2.93. The number of rotatable bonds is 10. The number of fused-ring (bicyclic) bond motifs is 3. The van der Waals surface area contributed by atoms with E-state index in [1.54, 1.807) is 0 Å². The zero-order valence-corrected chi connectivity index (χ0v) is 18.8. The number of nitrogens with one attached hydrogen (secondary N) is 2. The first-order valence-corrected chi connectivity index (χ1v) is 10.8. The molecule has 0 amide bonds. The fraction of sp³-hybridized carbons (Fsp3) is 0.417. The zero-order chi connectivity index (χ0) is 23.4. The molecule has 0 spiro atoms. The van der Waals surface area contributed by atoms with Gasteiger partial charge in [-0.1, -0.05) is 52.0 Å². The van der Waals surface area contributed by atoms with Crippen molar-refractivity contribution in [3.05, 3.63) is 47.8 Å². The van der Waals surface area contributed by atoms with Gasteiger partial charge in [-0.25, -0.2) is 9.97 Å². The molecule has 2 atom stereocenters. The van der Waals surface area contributed by atoms with Crippen molar-refractivity contribution < 1.29 is 19.8 Å². The molecular formula is C24H30N4O4. The van der Waals surface area contributed by atoms with Gasteiger partial charge in [0, 0.05) is 23.9 Å². The van der Waals surface area contributed by atoms with Crippen LogP contribution in [0.1, 0.15) is 39.1 Å². The summed E-state index contributed by atoms with van der Waals surface area (Å²) < 4.78 is 0. The van der Waals surface area contributed by atoms with Gasteiger partial charge in [0.1, 0.15) is 12.1 Å². The van der Waals surface area contributed by atoms with E-state index in [1.807, 2.05) is 64.1 Å². The average molecular weight is 439 g/mol. The van der Waals surface area contributed by atoms with Crippen molar-refractivity contribution in [3.8, 4) is 0 Å². The van der Waals surface area contributed by atoms with Crippen LogP contribution >= 0.6 is 0 Å². The van der Waals surface area contributed by atoms with Crippen LogP contribution in [0.2, 0.25) is 0 Å². The zero-order valence-electron chi connectivity index (χ0n) is 18.8. The lowest BCUT2D eigenvalue weighted by molar-refractivity contribution is -0.141. The molecule has 0 aliphatic heterocycles. The number of hydrogen-bond donors (Lipinski definition) is 4. The molecule has 0 radical (unpaired) electrons. The Labute approximate surface area is 187 Å². The van der Waals surface area contributed by atoms with Gasteiger partial charge in [-0.3, -0.25) is 20.2 Å². The van der Waals surface area contributed by atoms with Gasteiger partial charge in [-0.15, -0.1) is 0 Å². The van der Waals surface area contributed by atoms with Gasteiger partial charge in [0.25, 0.3) is 0 Å². The van der Waals surface area contributed by atoms with Crippen molar-refractivity contribution in [2.24, 2.45) is 11.8 Å². The second-order valence-corrected chi connectivity index (χ2v) is 8.70. The third kappa shape index (κ3) is 5.38. The molecule has 0 unspecified atom stereocenters. The van der Waals surface area contributed by atoms with Crippen LogP contribution in [0.5, 0.6) is 0 Å². The minimum atomic E-state index is -0.883. The molecule has 8 heteroatoms. The summed E-state index contributed by atoms with van der Waals surface area (Å²) in [6, 6.07) is 10.3. The van der Waals surface area contributed by atoms with Crippen LogP contribution in [0.3, 0.4) is 0 Å². The van der Waals surface area contributed by atoms with E-state index in [-0.39, 0.29) is 11.8 Å². The Morgan fingerprint density at radius 1 is 0.719 bits per heavy atom. The Morgan fingerprint density at radius 3 is 1.38 bits per heavy atom. The minimum Gasteiger partial charge on any atom is -0.480 e. The molecule has 0 aliphatic carbocycles. The number of hydrogen-bond acceptors (Lipinski definition) is 6. The molecule has 0 fully saturated rings. The topological polar surface area (TPSA) is 124 Å². The third-order valence-electron chi connectivity index (χ3n) is 5.51. The molecule has 170 valence electrons. The normalized spacial score (nSPS) is 13.7. The van der Waals surface area contributed by atoms with Crippen LogP contribution in [0, 0.1) is 11.8 Å². The lowest BCUT2D eigenvalue weighted by atomic mass is 10.0. The summed E-state index contributed by atoms with van der Waals surface area (Å²) in [6.45, 7) is 8.11. The number of pyridine rings is 2. The monoisotopic (exact) mass is 438 g/mol. The number of nitrogens with zero attached hydrogens (tertiary/aromatic N) is 2. The van der Waals surface area contributed by atoms with E-state index in [0.717, 1.165) is 33.2 Å². The van der Waals surface area contributed by atoms with Gasteiger partial charge >= 0.3 is 11.9 Å². The highest BCUT2D eigenvalue weighted by Crippen LogP contribution is 2.23. The van der Waals surface area contributed by atoms with Crippen molar-refractivity contribution in [1.29, 1.82) is 0 Å². The van der Waals surface area contributed by atoms with E-state index in [0.29, 0.717) is 13.1 Å². The molecule has 0 saturated heterocycles. The maximum atomic E-state index is 11.4. The Kier molecular flexibility index (Phi) is 7.37. The number of carbonyl (C=O) groups is 2. The molecule has 4 N–H and O–H groups in total. The first-order chi connectivity index (χ1) is 15.2. The molecule has 2 heterocycles. The van der Waals surface area contributed by atoms with E-state index in [9.17, 15) is 19.8 Å². The number of carboxylic acid groups (broad SMARTS) is 2. The van der Waals surface area contributed by atoms with Gasteiger partial charge in [-0.2, -0.15) is 0 Å². The van der Waals surface area contributed by atoms with Crippen molar-refractivity contribution in [2.45, 2.75) is 52.9 Å². The first-order valence-electron chi connectivity index (χ1n) is 10.8. The highest BCUT2D eigenvalue weighted by Gasteiger charge is 2.21. The SMILES string of the molecule is CC(C)[C@H](NCc1ccc2ccc3ccc(CN[C@@H](C(=O)O)C(C)C)nc3c2n1)C(=O)O. The predicted molar refractivity (Wildman–Crippen MR) is 123 cm³/mol. The van der Waals surface area contributed by atoms with E-state index >= 15 is 0 Å². The van der Waals surface area contributed by atoms with Crippen LogP contribution in [-0.4, -0.2) is 44.2 Å². The predicted octanol–water partition coefficient (Wildman–Crippen LogP) is 3.18. The van der Waals surface area contributed by atoms with Gasteiger partial charge in [0.15, 0.2) is 0 Å². The van der Waals surface area contributed by atoms with Crippen molar-refractivity contribution in [1.82, 2.24) is 20.6 Å². The Hall–Kier alpha value is -3.10. The van der Waals surface area contributed by atoms with Gasteiger partial charge in [0.2, 0.25) is 0 Å². The van der Waals surface area contributed by atoms with Crippen molar-refractivity contribution >= 4 is 33.7 Å². The number of carboxylic acids is 2. The standard InChI is InChI=1S/C24H30N4O4/c1-13(2)19(23(29)30)25-11-17-9-7-15-5-6-16-8-10-18(28-22(16)21(15)27-17)12-26-20(14(3)4)24(31)32/h5-10,13-14,19-20,25-26H,11-12H2,1-4H3,(H,29,30)(H,31,32)/t19-,20+. The lowest BCUT2D eigenvalue weighted by Crippen LogP contribution is -2.40. The van der Waals surface area contributed by atoms with Crippen LogP contribution in [0.25, 0.3) is 21.8 Å². The van der Waals surface area contributed by atoms with E-state index in [2.05, 4.69) is 10.6 Å². The molecule has 0 saturated carbocycles. The summed E-state index contributed by atoms with van der Waals surface area (Å²) in [6.07, 6.45) is 0. The van der Waals surface area contributed by atoms with Gasteiger partial charge in [0.05, 0.1) is 22.4 Å². The fourth-order valence-electron chi connectivity index (χ4n) is 3.69. The Morgan fingerprint density at radius 2 is 1.06 bits per heavy atom. The molecule has 0 aliphatic rings. The molecular weight excluding hydrogens is 408 g/mol. The third-order valence-corrected chi connectivity index (χ3v) is 5.51. The molecule has 0 bridgehead atoms. The molecule has 3 rings (SSSR count). The summed E-state index contributed by atoms with van der Waals surface area (Å²) in [5.74, 6) is -1.87. The minimum absolute atomic E-state index is 0.0500. The van der Waals surface area contributed by atoms with Crippen LogP contribution in [-0.2, 0) is 22.7 Å². The maximum Gasteiger partial charge on any atom is 0.320 e. The van der Waals surface area contributed by atoms with Crippen LogP contribution in [0.4, 0.5) is 0 Å². The summed E-state index contributed by atoms with van der Waals surface area (Å²) in [4.78, 5) is 32.4. The maximum absolute atomic E-state index is 11.4. The summed E-state index contributed by atoms with van der Waals surface area (Å²) in [5, 5.41) is 26.8. The van der Waals surface area contributed by atoms with Gasteiger partial charge in [-0.05, 0) is 24.0 Å². The van der Waals surface area contributed by atoms with E-state index in [1.165, 1.54) is 0 Å². The number of benzene rings is 1. The Bertz CT molecular complexity index is 1040. The molecule has 3 aromatic rings. The first kappa shape index (κ1) is 23.6. The van der Waals surface area contributed by atoms with E-state index in [4.69, 9.17) is 9.97 Å². The highest BCUT2D eigenvalue weighted by molar-refractivity contribution is 6.02. The lowest BCUT2D eigenvalue weighted by Gasteiger charge is -2.18. The summed E-state index contributed by atoms with van der Waals surface area (Å²) >= 11 is 0. The Balaban J connectivity index is 1.89. The second kappa shape index (κ2) is 10.0. The summed E-state index contributed by atoms with van der Waals surface area (Å²) in [7, 11) is 0. The highest BCUT2D eigenvalue weighted by atomic mass is 16.4. The quantitative estimate of drug-likeness (QED) is 0.356. The van der Waals surface area contributed by atoms with Gasteiger partial charge < -0.3 is 10.2 Å². The van der Waals surface area contributed by atoms with E-state index < -0.39 is 24.0 Å². The van der Waals surface area contributed by atoms with Crippen molar-refractivity contribution in [3.63, 3.8) is 0 Å². The molecule has 1 aromatic carbocycles. The molecule has 2 aromatic heterocycles. The second-order valence-electron chi connectivity index (χ2n) is 8.70. The van der Waals surface area contributed by atoms with Crippen LogP contribution < -0.4 is 10.6 Å². The average Bonchev–Trinajstić information content (AvgIpc) is 2.72. The smallest absolute Gasteiger partial charge is 0.320 e. The van der Waals surface area contributed by atoms with Crippen molar-refractivity contribution in [2.75, 3.05) is 0 Å². The van der Waals surface area contributed by atoms with Crippen LogP contribution in [0.15, 0.2) is 36.4 Å². The number of aromatic nitrogens is 2. The number of aliphatic carboxylic acids is 2. The molecule has 8 nitrogen and oxygen atoms in total.